The van der Waals surface area contributed by atoms with Gasteiger partial charge in [0.15, 0.2) is 18.9 Å². The summed E-state index contributed by atoms with van der Waals surface area (Å²) in [5.41, 5.74) is 1.92. The van der Waals surface area contributed by atoms with Crippen LogP contribution < -0.4 is 9.92 Å². The Morgan fingerprint density at radius 3 is 2.67 bits per heavy atom. The highest BCUT2D eigenvalue weighted by atomic mass is 16.4. The Balaban J connectivity index is 1.69. The Morgan fingerprint density at radius 2 is 1.88 bits per heavy atom. The fourth-order valence-corrected chi connectivity index (χ4v) is 2.57. The molecule has 2 heterocycles. The lowest BCUT2D eigenvalue weighted by atomic mass is 10.2. The second-order valence-corrected chi connectivity index (χ2v) is 5.44. The molecule has 2 N–H and O–H groups in total. The summed E-state index contributed by atoms with van der Waals surface area (Å²) in [5.74, 6) is 0. The average molecular weight is 319 g/mol. The predicted molar refractivity (Wildman–Crippen MR) is 93.0 cm³/mol. The molecule has 0 spiro atoms. The number of allylic oxidation sites excluding steroid dienone is 2. The van der Waals surface area contributed by atoms with Crippen LogP contribution in [0.15, 0.2) is 78.4 Å². The lowest BCUT2D eigenvalue weighted by Gasteiger charge is -2.08. The monoisotopic (exact) mass is 319 g/mol. The summed E-state index contributed by atoms with van der Waals surface area (Å²) in [5, 5.41) is 21.0. The van der Waals surface area contributed by atoms with Gasteiger partial charge in [0.2, 0.25) is 0 Å². The fourth-order valence-electron chi connectivity index (χ4n) is 2.57. The minimum atomic E-state index is 0.549. The van der Waals surface area contributed by atoms with E-state index >= 15 is 0 Å². The molecule has 1 aromatic carbocycles. The third-order valence-corrected chi connectivity index (χ3v) is 3.83. The summed E-state index contributed by atoms with van der Waals surface area (Å²) in [7, 11) is 0. The lowest BCUT2D eigenvalue weighted by molar-refractivity contribution is -0.687. The van der Waals surface area contributed by atoms with Gasteiger partial charge in [0.1, 0.15) is 0 Å². The molecule has 2 aromatic heterocycles. The van der Waals surface area contributed by atoms with Crippen LogP contribution in [0.25, 0.3) is 10.9 Å². The molecule has 0 aliphatic carbocycles. The summed E-state index contributed by atoms with van der Waals surface area (Å²) in [6.45, 7) is 1.53. The molecular formula is C19H19N4O+. The van der Waals surface area contributed by atoms with Gasteiger partial charge in [0.25, 0.3) is 0 Å². The Morgan fingerprint density at radius 1 is 1.08 bits per heavy atom. The Kier molecular flexibility index (Phi) is 4.81. The van der Waals surface area contributed by atoms with Gasteiger partial charge in [-0.15, -0.1) is 0 Å². The van der Waals surface area contributed by atoms with Gasteiger partial charge in [-0.25, -0.2) is 4.57 Å². The summed E-state index contributed by atoms with van der Waals surface area (Å²) in [6.07, 6.45) is 11.5. The third-order valence-electron chi connectivity index (χ3n) is 3.83. The van der Waals surface area contributed by atoms with Crippen molar-refractivity contribution in [3.05, 3.63) is 84.1 Å². The van der Waals surface area contributed by atoms with Crippen LogP contribution in [0, 0.1) is 5.41 Å². The number of rotatable bonds is 5. The van der Waals surface area contributed by atoms with E-state index in [0.29, 0.717) is 5.36 Å². The molecule has 0 amide bonds. The van der Waals surface area contributed by atoms with Crippen LogP contribution in [-0.2, 0) is 13.1 Å². The van der Waals surface area contributed by atoms with Crippen LogP contribution in [0.4, 0.5) is 0 Å². The molecule has 5 nitrogen and oxygen atoms in total. The number of hydrogen-bond acceptors (Lipinski definition) is 3. The van der Waals surface area contributed by atoms with Crippen LogP contribution in [0.2, 0.25) is 0 Å². The second-order valence-electron chi connectivity index (χ2n) is 5.44. The molecule has 0 saturated carbocycles. The summed E-state index contributed by atoms with van der Waals surface area (Å²) in [4.78, 5) is 0. The van der Waals surface area contributed by atoms with Gasteiger partial charge >= 0.3 is 0 Å². The quantitative estimate of drug-likeness (QED) is 0.245. The molecule has 0 radical (unpaired) electrons. The number of fused-ring (bicyclic) bond motifs is 1. The number of hydrogen-bond donors (Lipinski definition) is 2. The van der Waals surface area contributed by atoms with Crippen molar-refractivity contribution >= 4 is 17.1 Å². The molecule has 0 fully saturated rings. The van der Waals surface area contributed by atoms with Crippen molar-refractivity contribution in [1.82, 2.24) is 4.57 Å². The Bertz CT molecular complexity index is 939. The van der Waals surface area contributed by atoms with E-state index in [4.69, 9.17) is 10.6 Å². The topological polar surface area (TPSA) is 65.2 Å². The number of oxime groups is 1. The molecule has 120 valence electrons. The van der Waals surface area contributed by atoms with E-state index in [-0.39, 0.29) is 0 Å². The Hall–Kier alpha value is -3.21. The van der Waals surface area contributed by atoms with E-state index in [0.717, 1.165) is 29.6 Å². The first-order valence-corrected chi connectivity index (χ1v) is 7.72. The highest BCUT2D eigenvalue weighted by molar-refractivity contribution is 5.78. The first kappa shape index (κ1) is 15.7. The molecule has 3 rings (SSSR count). The van der Waals surface area contributed by atoms with Gasteiger partial charge in [-0.3, -0.25) is 0 Å². The maximum atomic E-state index is 8.50. The Labute approximate surface area is 139 Å². The molecule has 0 atom stereocenters. The zero-order chi connectivity index (χ0) is 16.8. The maximum Gasteiger partial charge on any atom is 0.169 e. The van der Waals surface area contributed by atoms with Crippen LogP contribution in [0.3, 0.4) is 0 Å². The molecule has 0 aliphatic rings. The van der Waals surface area contributed by atoms with Crippen molar-refractivity contribution in [2.24, 2.45) is 5.16 Å². The number of pyridine rings is 2. The SMILES string of the molecule is N=c1ccn(CC=CC[n+]2ccc(/C=N/O)cc2)c2ccccc12. The number of nitrogens with zero attached hydrogens (tertiary/aromatic N) is 3. The van der Waals surface area contributed by atoms with E-state index in [2.05, 4.69) is 21.9 Å². The highest BCUT2D eigenvalue weighted by Gasteiger charge is 1.99. The number of nitrogens with one attached hydrogen (secondary N) is 1. The van der Waals surface area contributed by atoms with Crippen molar-refractivity contribution in [3.8, 4) is 0 Å². The van der Waals surface area contributed by atoms with E-state index in [1.54, 1.807) is 0 Å². The first-order chi connectivity index (χ1) is 11.8. The van der Waals surface area contributed by atoms with Gasteiger partial charge in [-0.05, 0) is 18.2 Å². The van der Waals surface area contributed by atoms with Crippen molar-refractivity contribution in [2.45, 2.75) is 13.1 Å². The number of aromatic nitrogens is 2. The molecule has 24 heavy (non-hydrogen) atoms. The maximum absolute atomic E-state index is 8.50. The van der Waals surface area contributed by atoms with E-state index in [9.17, 15) is 0 Å². The number of benzene rings is 1. The smallest absolute Gasteiger partial charge is 0.169 e. The van der Waals surface area contributed by atoms with Crippen LogP contribution in [0.1, 0.15) is 5.56 Å². The zero-order valence-corrected chi connectivity index (χ0v) is 13.2. The van der Waals surface area contributed by atoms with Crippen LogP contribution in [0.5, 0.6) is 0 Å². The third kappa shape index (κ3) is 3.57. The van der Waals surface area contributed by atoms with Gasteiger partial charge in [0, 0.05) is 35.8 Å². The van der Waals surface area contributed by atoms with Crippen molar-refractivity contribution in [3.63, 3.8) is 0 Å². The van der Waals surface area contributed by atoms with Gasteiger partial charge < -0.3 is 15.2 Å². The minimum absolute atomic E-state index is 0.549. The number of para-hydroxylation sites is 1. The molecule has 0 aliphatic heterocycles. The van der Waals surface area contributed by atoms with Crippen molar-refractivity contribution in [1.29, 1.82) is 5.41 Å². The van der Waals surface area contributed by atoms with Crippen LogP contribution in [-0.4, -0.2) is 16.0 Å². The standard InChI is InChI=1S/C19H18N4O/c20-18-9-14-23(19-6-2-1-5-17(18)19)11-4-3-10-22-12-7-16(8-13-22)15-21-24/h1-9,12-15,20H,10-11H2/p+1. The molecular weight excluding hydrogens is 300 g/mol. The van der Waals surface area contributed by atoms with Crippen molar-refractivity contribution < 1.29 is 9.77 Å². The molecule has 0 saturated heterocycles. The zero-order valence-electron chi connectivity index (χ0n) is 13.2. The normalized spacial score (nSPS) is 11.7. The van der Waals surface area contributed by atoms with Gasteiger partial charge in [-0.2, -0.15) is 0 Å². The van der Waals surface area contributed by atoms with Gasteiger partial charge in [-0.1, -0.05) is 29.4 Å². The van der Waals surface area contributed by atoms with Crippen LogP contribution >= 0.6 is 0 Å². The van der Waals surface area contributed by atoms with E-state index in [1.807, 2.05) is 65.6 Å². The second kappa shape index (κ2) is 7.37. The van der Waals surface area contributed by atoms with Crippen molar-refractivity contribution in [2.75, 3.05) is 0 Å². The fraction of sp³-hybridized carbons (Fsp3) is 0.105. The molecule has 3 aromatic rings. The molecule has 5 heteroatoms. The first-order valence-electron chi connectivity index (χ1n) is 7.72. The van der Waals surface area contributed by atoms with E-state index < -0.39 is 0 Å². The average Bonchev–Trinajstić information content (AvgIpc) is 2.62. The molecule has 0 bridgehead atoms. The summed E-state index contributed by atoms with van der Waals surface area (Å²) in [6, 6.07) is 13.6. The lowest BCUT2D eigenvalue weighted by Crippen LogP contribution is -2.31. The largest absolute Gasteiger partial charge is 0.411 e. The summed E-state index contributed by atoms with van der Waals surface area (Å²) < 4.78 is 4.18. The van der Waals surface area contributed by atoms with E-state index in [1.165, 1.54) is 6.21 Å². The highest BCUT2D eigenvalue weighted by Crippen LogP contribution is 2.09. The molecule has 0 unspecified atom stereocenters. The van der Waals surface area contributed by atoms with Gasteiger partial charge in [0.05, 0.1) is 17.1 Å². The summed E-state index contributed by atoms with van der Waals surface area (Å²) >= 11 is 0. The predicted octanol–water partition coefficient (Wildman–Crippen LogP) is 2.47. The minimum Gasteiger partial charge on any atom is -0.411 e.